The SMILES string of the molecule is CCOc1cc([C@@H]2CN(C)[C@@]3(C(=O)Nc4ccccc43)[C@@H]2[N+](=O)[O-])ccc1OCc1ccc(Cl)c(Cl)c1. The molecule has 192 valence electrons. The number of hydrogen-bond acceptors (Lipinski definition) is 6. The van der Waals surface area contributed by atoms with Crippen molar-refractivity contribution >= 4 is 34.8 Å². The Kier molecular flexibility index (Phi) is 6.74. The summed E-state index contributed by atoms with van der Waals surface area (Å²) >= 11 is 12.1. The van der Waals surface area contributed by atoms with Gasteiger partial charge in [0.1, 0.15) is 6.61 Å². The van der Waals surface area contributed by atoms with Gasteiger partial charge in [0.05, 0.1) is 22.6 Å². The highest BCUT2D eigenvalue weighted by Gasteiger charge is 2.68. The van der Waals surface area contributed by atoms with Crippen molar-refractivity contribution in [1.29, 1.82) is 0 Å². The van der Waals surface area contributed by atoms with E-state index in [1.807, 2.05) is 13.0 Å². The predicted octanol–water partition coefficient (Wildman–Crippen LogP) is 5.49. The highest BCUT2D eigenvalue weighted by atomic mass is 35.5. The van der Waals surface area contributed by atoms with E-state index >= 15 is 0 Å². The topological polar surface area (TPSA) is 93.9 Å². The predicted molar refractivity (Wildman–Crippen MR) is 141 cm³/mol. The van der Waals surface area contributed by atoms with Gasteiger partial charge in [-0.15, -0.1) is 0 Å². The minimum absolute atomic E-state index is 0.236. The molecule has 0 aromatic heterocycles. The number of amides is 1. The first kappa shape index (κ1) is 25.3. The molecule has 10 heteroatoms. The fourth-order valence-corrected chi connectivity index (χ4v) is 5.83. The monoisotopic (exact) mass is 541 g/mol. The van der Waals surface area contributed by atoms with Crippen molar-refractivity contribution in [3.05, 3.63) is 97.5 Å². The number of nitrogens with zero attached hydrogens (tertiary/aromatic N) is 2. The molecule has 0 unspecified atom stereocenters. The Bertz CT molecular complexity index is 1380. The van der Waals surface area contributed by atoms with E-state index in [1.165, 1.54) is 0 Å². The number of hydrogen-bond donors (Lipinski definition) is 1. The van der Waals surface area contributed by atoms with Crippen LogP contribution in [0.5, 0.6) is 11.5 Å². The van der Waals surface area contributed by atoms with Crippen molar-refractivity contribution < 1.29 is 19.2 Å². The summed E-state index contributed by atoms with van der Waals surface area (Å²) in [6.45, 7) is 2.80. The first-order chi connectivity index (χ1) is 17.8. The average Bonchev–Trinajstić information content (AvgIpc) is 3.35. The summed E-state index contributed by atoms with van der Waals surface area (Å²) in [6, 6.07) is 16.6. The highest BCUT2D eigenvalue weighted by molar-refractivity contribution is 6.42. The van der Waals surface area contributed by atoms with E-state index in [0.29, 0.717) is 51.5 Å². The van der Waals surface area contributed by atoms with Crippen LogP contribution in [0.25, 0.3) is 0 Å². The molecule has 3 atom stereocenters. The van der Waals surface area contributed by atoms with Crippen LogP contribution >= 0.6 is 23.2 Å². The average molecular weight is 542 g/mol. The summed E-state index contributed by atoms with van der Waals surface area (Å²) in [4.78, 5) is 27.3. The Morgan fingerprint density at radius 3 is 2.59 bits per heavy atom. The number of benzene rings is 3. The van der Waals surface area contributed by atoms with Crippen LogP contribution in [0.1, 0.15) is 29.5 Å². The maximum absolute atomic E-state index is 13.3. The zero-order chi connectivity index (χ0) is 26.3. The third kappa shape index (κ3) is 4.19. The molecule has 1 N–H and O–H groups in total. The summed E-state index contributed by atoms with van der Waals surface area (Å²) in [5, 5.41) is 16.3. The van der Waals surface area contributed by atoms with Crippen LogP contribution in [0.3, 0.4) is 0 Å². The number of nitro groups is 1. The fraction of sp³-hybridized carbons (Fsp3) is 0.296. The van der Waals surface area contributed by atoms with Crippen LogP contribution in [0.2, 0.25) is 10.0 Å². The molecule has 1 saturated heterocycles. The fourth-order valence-electron chi connectivity index (χ4n) is 5.51. The van der Waals surface area contributed by atoms with E-state index in [2.05, 4.69) is 5.32 Å². The Labute approximate surface area is 224 Å². The molecule has 5 rings (SSSR count). The van der Waals surface area contributed by atoms with Crippen LogP contribution in [0.15, 0.2) is 60.7 Å². The summed E-state index contributed by atoms with van der Waals surface area (Å²) in [5.74, 6) is 0.0358. The molecule has 3 aromatic carbocycles. The Balaban J connectivity index is 1.49. The van der Waals surface area contributed by atoms with Crippen molar-refractivity contribution in [3.63, 3.8) is 0 Å². The molecule has 3 aromatic rings. The molecule has 1 amide bonds. The molecule has 0 radical (unpaired) electrons. The molecule has 0 aliphatic carbocycles. The van der Waals surface area contributed by atoms with Crippen molar-refractivity contribution in [2.45, 2.75) is 31.0 Å². The molecule has 37 heavy (non-hydrogen) atoms. The standard InChI is InChI=1S/C27H25Cl2N3O5/c1-3-36-24-13-17(9-11-23(24)37-15-16-8-10-20(28)21(29)12-16)18-14-31(2)27(25(18)32(34)35)19-6-4-5-7-22(19)30-26(27)33/h4-13,18,25H,3,14-15H2,1-2H3,(H,30,33)/t18-,25+,27+/m0/s1. The summed E-state index contributed by atoms with van der Waals surface area (Å²) in [7, 11) is 1.76. The van der Waals surface area contributed by atoms with E-state index in [1.54, 1.807) is 66.5 Å². The van der Waals surface area contributed by atoms with Gasteiger partial charge in [0.25, 0.3) is 11.9 Å². The van der Waals surface area contributed by atoms with Crippen molar-refractivity contribution in [3.8, 4) is 11.5 Å². The molecule has 1 spiro atoms. The second-order valence-electron chi connectivity index (χ2n) is 9.16. The smallest absolute Gasteiger partial charge is 0.256 e. The van der Waals surface area contributed by atoms with Crippen molar-refractivity contribution in [2.75, 3.05) is 25.5 Å². The number of anilines is 1. The molecule has 2 aliphatic heterocycles. The van der Waals surface area contributed by atoms with E-state index in [0.717, 1.165) is 5.56 Å². The van der Waals surface area contributed by atoms with Gasteiger partial charge in [-0.2, -0.15) is 0 Å². The number of ether oxygens (including phenoxy) is 2. The largest absolute Gasteiger partial charge is 0.490 e. The van der Waals surface area contributed by atoms with Gasteiger partial charge in [-0.05, 0) is 55.4 Å². The molecule has 2 aliphatic rings. The van der Waals surface area contributed by atoms with Gasteiger partial charge in [-0.3, -0.25) is 19.8 Å². The van der Waals surface area contributed by atoms with E-state index in [4.69, 9.17) is 32.7 Å². The number of carbonyl (C=O) groups is 1. The Hall–Kier alpha value is -3.33. The Morgan fingerprint density at radius 1 is 1.08 bits per heavy atom. The third-order valence-electron chi connectivity index (χ3n) is 7.12. The van der Waals surface area contributed by atoms with Gasteiger partial charge in [0.15, 0.2) is 17.0 Å². The molecule has 1 fully saturated rings. The van der Waals surface area contributed by atoms with Gasteiger partial charge >= 0.3 is 0 Å². The zero-order valence-electron chi connectivity index (χ0n) is 20.2. The van der Waals surface area contributed by atoms with Gasteiger partial charge in [-0.1, -0.05) is 53.5 Å². The van der Waals surface area contributed by atoms with Gasteiger partial charge in [0.2, 0.25) is 0 Å². The number of nitrogens with one attached hydrogen (secondary N) is 1. The van der Waals surface area contributed by atoms with Crippen LogP contribution in [-0.2, 0) is 16.9 Å². The van der Waals surface area contributed by atoms with Crippen molar-refractivity contribution in [2.24, 2.45) is 0 Å². The first-order valence-corrected chi connectivity index (χ1v) is 12.6. The van der Waals surface area contributed by atoms with Crippen LogP contribution in [0, 0.1) is 10.1 Å². The number of likely N-dealkylation sites (tertiary alicyclic amines) is 1. The van der Waals surface area contributed by atoms with Gasteiger partial charge in [-0.25, -0.2) is 0 Å². The normalized spacial score (nSPS) is 22.6. The summed E-state index contributed by atoms with van der Waals surface area (Å²) in [6.07, 6.45) is 0. The second kappa shape index (κ2) is 9.85. The van der Waals surface area contributed by atoms with Gasteiger partial charge in [0, 0.05) is 22.7 Å². The molecular formula is C27H25Cl2N3O5. The lowest BCUT2D eigenvalue weighted by atomic mass is 9.79. The lowest BCUT2D eigenvalue weighted by Crippen LogP contribution is -2.54. The number of fused-ring (bicyclic) bond motifs is 2. The first-order valence-electron chi connectivity index (χ1n) is 11.9. The summed E-state index contributed by atoms with van der Waals surface area (Å²) in [5.41, 5.74) is 1.36. The second-order valence-corrected chi connectivity index (χ2v) is 9.97. The molecule has 8 nitrogen and oxygen atoms in total. The maximum Gasteiger partial charge on any atom is 0.256 e. The quantitative estimate of drug-likeness (QED) is 0.314. The number of halogens is 2. The van der Waals surface area contributed by atoms with E-state index in [-0.39, 0.29) is 17.4 Å². The lowest BCUT2D eigenvalue weighted by molar-refractivity contribution is -0.534. The van der Waals surface area contributed by atoms with Crippen LogP contribution < -0.4 is 14.8 Å². The van der Waals surface area contributed by atoms with Crippen LogP contribution in [-0.4, -0.2) is 42.0 Å². The number of likely N-dealkylation sites (N-methyl/N-ethyl adjacent to an activating group) is 1. The number of carbonyl (C=O) groups excluding carboxylic acids is 1. The minimum atomic E-state index is -1.40. The van der Waals surface area contributed by atoms with Crippen LogP contribution in [0.4, 0.5) is 5.69 Å². The highest BCUT2D eigenvalue weighted by Crippen LogP contribution is 2.52. The molecule has 0 bridgehead atoms. The molecule has 0 saturated carbocycles. The van der Waals surface area contributed by atoms with Crippen molar-refractivity contribution in [1.82, 2.24) is 4.90 Å². The van der Waals surface area contributed by atoms with Gasteiger partial charge < -0.3 is 14.8 Å². The Morgan fingerprint density at radius 2 is 1.86 bits per heavy atom. The molecule has 2 heterocycles. The van der Waals surface area contributed by atoms with E-state index in [9.17, 15) is 14.9 Å². The maximum atomic E-state index is 13.3. The lowest BCUT2D eigenvalue weighted by Gasteiger charge is -2.30. The number of para-hydroxylation sites is 1. The molecular weight excluding hydrogens is 517 g/mol. The van der Waals surface area contributed by atoms with E-state index < -0.39 is 17.5 Å². The third-order valence-corrected chi connectivity index (χ3v) is 7.85. The zero-order valence-corrected chi connectivity index (χ0v) is 21.8. The number of rotatable bonds is 7. The minimum Gasteiger partial charge on any atom is -0.490 e. The summed E-state index contributed by atoms with van der Waals surface area (Å²) < 4.78 is 11.9.